The van der Waals surface area contributed by atoms with Gasteiger partial charge in [0.25, 0.3) is 11.8 Å². The molecule has 9 heteroatoms. The number of ether oxygens (including phenoxy) is 1. The van der Waals surface area contributed by atoms with Gasteiger partial charge >= 0.3 is 0 Å². The molecule has 0 aliphatic rings. The van der Waals surface area contributed by atoms with Crippen LogP contribution in [0.15, 0.2) is 67.3 Å². The second-order valence-electron chi connectivity index (χ2n) is 8.02. The first-order chi connectivity index (χ1) is 17.0. The first-order valence-electron chi connectivity index (χ1n) is 11.7. The van der Waals surface area contributed by atoms with Crippen LogP contribution in [0.5, 0.6) is 5.75 Å². The second kappa shape index (κ2) is 13.5. The summed E-state index contributed by atoms with van der Waals surface area (Å²) in [5, 5.41) is 2.77. The number of unbranched alkanes of at least 4 members (excludes halogenated alkanes) is 3. The predicted molar refractivity (Wildman–Crippen MR) is 133 cm³/mol. The molecule has 35 heavy (non-hydrogen) atoms. The molecule has 3 rings (SSSR count). The number of hydrazine groups is 1. The van der Waals surface area contributed by atoms with Gasteiger partial charge in [-0.15, -0.1) is 0 Å². The Labute approximate surface area is 204 Å². The number of rotatable bonds is 12. The number of carbonyl (C=O) groups excluding carboxylic acids is 3. The Hall–Kier alpha value is -4.14. The van der Waals surface area contributed by atoms with E-state index >= 15 is 0 Å². The lowest BCUT2D eigenvalue weighted by Gasteiger charge is -2.10. The van der Waals surface area contributed by atoms with Crippen LogP contribution in [0.25, 0.3) is 0 Å². The van der Waals surface area contributed by atoms with Gasteiger partial charge < -0.3 is 14.6 Å². The van der Waals surface area contributed by atoms with Gasteiger partial charge in [-0.2, -0.15) is 0 Å². The smallest absolute Gasteiger partial charge is 0.269 e. The summed E-state index contributed by atoms with van der Waals surface area (Å²) >= 11 is 0. The second-order valence-corrected chi connectivity index (χ2v) is 8.02. The number of hydrogen-bond acceptors (Lipinski definition) is 5. The third kappa shape index (κ3) is 8.62. The van der Waals surface area contributed by atoms with Crippen LogP contribution in [0.4, 0.5) is 5.69 Å². The van der Waals surface area contributed by atoms with E-state index in [1.807, 2.05) is 0 Å². The average molecular weight is 478 g/mol. The zero-order chi connectivity index (χ0) is 24.9. The third-order valence-electron chi connectivity index (χ3n) is 5.24. The molecule has 0 saturated heterocycles. The molecule has 3 aromatic rings. The standard InChI is InChI=1S/C26H31N5O4/c1-2-3-4-5-17-35-23-11-9-20(10-12-23)25(33)29-30-26(34)21-7-6-8-22(18-21)28-24(32)13-15-31-16-14-27-19-31/h6-12,14,16,18-19H,2-5,13,15,17H2,1H3,(H,28,32)(H,29,33)(H,30,34). The SMILES string of the molecule is CCCCCCOc1ccc(C(=O)NNC(=O)c2cccc(NC(=O)CCn3ccnc3)c2)cc1. The fourth-order valence-electron chi connectivity index (χ4n) is 3.29. The summed E-state index contributed by atoms with van der Waals surface area (Å²) in [6.07, 6.45) is 9.85. The molecule has 1 aromatic heterocycles. The van der Waals surface area contributed by atoms with Crippen molar-refractivity contribution in [3.63, 3.8) is 0 Å². The van der Waals surface area contributed by atoms with E-state index in [2.05, 4.69) is 28.1 Å². The Morgan fingerprint density at radius 2 is 1.71 bits per heavy atom. The van der Waals surface area contributed by atoms with Crippen LogP contribution in [-0.4, -0.2) is 33.9 Å². The zero-order valence-corrected chi connectivity index (χ0v) is 19.8. The summed E-state index contributed by atoms with van der Waals surface area (Å²) in [5.41, 5.74) is 5.98. The Morgan fingerprint density at radius 1 is 0.943 bits per heavy atom. The molecular formula is C26H31N5O4. The van der Waals surface area contributed by atoms with E-state index in [1.165, 1.54) is 12.8 Å². The Kier molecular flexibility index (Phi) is 9.86. The number of hydrogen-bond donors (Lipinski definition) is 3. The van der Waals surface area contributed by atoms with Crippen molar-refractivity contribution in [3.8, 4) is 5.75 Å². The summed E-state index contributed by atoms with van der Waals surface area (Å²) in [7, 11) is 0. The lowest BCUT2D eigenvalue weighted by molar-refractivity contribution is -0.116. The molecule has 0 fully saturated rings. The Bertz CT molecular complexity index is 1100. The molecule has 0 saturated carbocycles. The lowest BCUT2D eigenvalue weighted by atomic mass is 10.2. The van der Waals surface area contributed by atoms with E-state index in [1.54, 1.807) is 71.8 Å². The molecule has 0 aliphatic carbocycles. The first kappa shape index (κ1) is 25.5. The van der Waals surface area contributed by atoms with Crippen LogP contribution in [0.1, 0.15) is 59.7 Å². The van der Waals surface area contributed by atoms with Gasteiger partial charge in [-0.1, -0.05) is 32.3 Å². The van der Waals surface area contributed by atoms with Gasteiger partial charge in [0.15, 0.2) is 0 Å². The fraction of sp³-hybridized carbons (Fsp3) is 0.308. The van der Waals surface area contributed by atoms with Crippen molar-refractivity contribution in [3.05, 3.63) is 78.4 Å². The van der Waals surface area contributed by atoms with E-state index in [9.17, 15) is 14.4 Å². The number of anilines is 1. The summed E-state index contributed by atoms with van der Waals surface area (Å²) in [6.45, 7) is 3.31. The highest BCUT2D eigenvalue weighted by Gasteiger charge is 2.11. The maximum Gasteiger partial charge on any atom is 0.269 e. The number of carbonyl (C=O) groups is 3. The molecule has 0 radical (unpaired) electrons. The van der Waals surface area contributed by atoms with E-state index in [0.717, 1.165) is 12.8 Å². The maximum absolute atomic E-state index is 12.5. The number of imidazole rings is 1. The van der Waals surface area contributed by atoms with Gasteiger partial charge in [0.05, 0.1) is 12.9 Å². The molecule has 1 heterocycles. The highest BCUT2D eigenvalue weighted by molar-refractivity contribution is 6.00. The van der Waals surface area contributed by atoms with Gasteiger partial charge in [0.2, 0.25) is 5.91 Å². The number of nitrogens with zero attached hydrogens (tertiary/aromatic N) is 2. The minimum Gasteiger partial charge on any atom is -0.494 e. The summed E-state index contributed by atoms with van der Waals surface area (Å²) in [5.74, 6) is -0.430. The highest BCUT2D eigenvalue weighted by Crippen LogP contribution is 2.14. The van der Waals surface area contributed by atoms with Gasteiger partial charge in [-0.3, -0.25) is 25.2 Å². The van der Waals surface area contributed by atoms with Gasteiger partial charge in [0.1, 0.15) is 5.75 Å². The molecule has 2 aromatic carbocycles. The van der Waals surface area contributed by atoms with Crippen LogP contribution in [0.2, 0.25) is 0 Å². The van der Waals surface area contributed by atoms with Gasteiger partial charge in [0, 0.05) is 42.2 Å². The van der Waals surface area contributed by atoms with Crippen LogP contribution in [0.3, 0.4) is 0 Å². The molecule has 0 bridgehead atoms. The Morgan fingerprint density at radius 3 is 2.43 bits per heavy atom. The third-order valence-corrected chi connectivity index (χ3v) is 5.24. The van der Waals surface area contributed by atoms with Gasteiger partial charge in [-0.25, -0.2) is 4.98 Å². The number of benzene rings is 2. The van der Waals surface area contributed by atoms with Crippen LogP contribution in [-0.2, 0) is 11.3 Å². The highest BCUT2D eigenvalue weighted by atomic mass is 16.5. The van der Waals surface area contributed by atoms with Crippen LogP contribution >= 0.6 is 0 Å². The topological polar surface area (TPSA) is 114 Å². The van der Waals surface area contributed by atoms with E-state index < -0.39 is 11.8 Å². The summed E-state index contributed by atoms with van der Waals surface area (Å²) in [4.78, 5) is 41.0. The van der Waals surface area contributed by atoms with Crippen molar-refractivity contribution in [1.82, 2.24) is 20.4 Å². The minimum atomic E-state index is -0.500. The van der Waals surface area contributed by atoms with Gasteiger partial charge in [-0.05, 0) is 48.9 Å². The summed E-state index contributed by atoms with van der Waals surface area (Å²) in [6, 6.07) is 13.2. The molecule has 9 nitrogen and oxygen atoms in total. The molecule has 0 unspecified atom stereocenters. The number of aryl methyl sites for hydroxylation is 1. The Balaban J connectivity index is 1.44. The number of aromatic nitrogens is 2. The van der Waals surface area contributed by atoms with E-state index in [0.29, 0.717) is 35.7 Å². The molecule has 0 atom stereocenters. The lowest BCUT2D eigenvalue weighted by Crippen LogP contribution is -2.41. The van der Waals surface area contributed by atoms with Crippen LogP contribution in [0, 0.1) is 0 Å². The predicted octanol–water partition coefficient (Wildman–Crippen LogP) is 3.95. The number of nitrogens with one attached hydrogen (secondary N) is 3. The van der Waals surface area contributed by atoms with Crippen molar-refractivity contribution in [2.45, 2.75) is 45.6 Å². The van der Waals surface area contributed by atoms with Crippen molar-refractivity contribution in [2.75, 3.05) is 11.9 Å². The molecule has 184 valence electrons. The molecule has 3 N–H and O–H groups in total. The molecular weight excluding hydrogens is 446 g/mol. The average Bonchev–Trinajstić information content (AvgIpc) is 3.40. The largest absolute Gasteiger partial charge is 0.494 e. The quantitative estimate of drug-likeness (QED) is 0.270. The zero-order valence-electron chi connectivity index (χ0n) is 19.8. The molecule has 0 aliphatic heterocycles. The normalized spacial score (nSPS) is 10.4. The monoisotopic (exact) mass is 477 g/mol. The van der Waals surface area contributed by atoms with Crippen molar-refractivity contribution < 1.29 is 19.1 Å². The number of amides is 3. The van der Waals surface area contributed by atoms with E-state index in [-0.39, 0.29) is 12.3 Å². The van der Waals surface area contributed by atoms with Crippen molar-refractivity contribution in [2.24, 2.45) is 0 Å². The molecule has 3 amide bonds. The fourth-order valence-corrected chi connectivity index (χ4v) is 3.29. The first-order valence-corrected chi connectivity index (χ1v) is 11.7. The van der Waals surface area contributed by atoms with E-state index in [4.69, 9.17) is 4.74 Å². The minimum absolute atomic E-state index is 0.182. The van der Waals surface area contributed by atoms with Crippen LogP contribution < -0.4 is 20.9 Å². The maximum atomic E-state index is 12.5. The van der Waals surface area contributed by atoms with Crippen molar-refractivity contribution >= 4 is 23.4 Å². The summed E-state index contributed by atoms with van der Waals surface area (Å²) < 4.78 is 7.49. The molecule has 0 spiro atoms. The van der Waals surface area contributed by atoms with Crippen molar-refractivity contribution in [1.29, 1.82) is 0 Å².